The topological polar surface area (TPSA) is 57.7 Å². The Morgan fingerprint density at radius 3 is 2.38 bits per heavy atom. The van der Waals surface area contributed by atoms with E-state index in [0.29, 0.717) is 25.1 Å². The zero-order valence-corrected chi connectivity index (χ0v) is 18.0. The van der Waals surface area contributed by atoms with Crippen molar-refractivity contribution in [3.63, 3.8) is 0 Å². The summed E-state index contributed by atoms with van der Waals surface area (Å²) >= 11 is 0. The van der Waals surface area contributed by atoms with Crippen LogP contribution in [-0.2, 0) is 14.4 Å². The van der Waals surface area contributed by atoms with Crippen molar-refractivity contribution in [2.24, 2.45) is 16.2 Å². The van der Waals surface area contributed by atoms with Gasteiger partial charge in [-0.1, -0.05) is 45.9 Å². The van der Waals surface area contributed by atoms with Crippen molar-refractivity contribution >= 4 is 23.4 Å². The Kier molecular flexibility index (Phi) is 4.63. The number of anilines is 1. The number of benzene rings is 1. The molecule has 3 atom stereocenters. The molecule has 5 heteroatoms. The third kappa shape index (κ3) is 2.42. The van der Waals surface area contributed by atoms with Gasteiger partial charge in [-0.05, 0) is 50.7 Å². The smallest absolute Gasteiger partial charge is 0.250 e. The normalized spacial score (nSPS) is 33.9. The van der Waals surface area contributed by atoms with Gasteiger partial charge in [-0.2, -0.15) is 0 Å². The number of para-hydroxylation sites is 1. The van der Waals surface area contributed by atoms with Crippen LogP contribution in [0.2, 0.25) is 0 Å². The summed E-state index contributed by atoms with van der Waals surface area (Å²) in [6.45, 7) is 8.68. The Morgan fingerprint density at radius 2 is 1.72 bits per heavy atom. The first-order valence-electron chi connectivity index (χ1n) is 11.0. The minimum absolute atomic E-state index is 0.0591. The number of hydrogen-bond acceptors (Lipinski definition) is 3. The van der Waals surface area contributed by atoms with Gasteiger partial charge >= 0.3 is 0 Å². The molecular formula is C24H32N2O3. The van der Waals surface area contributed by atoms with E-state index >= 15 is 0 Å². The number of carbonyl (C=O) groups is 3. The van der Waals surface area contributed by atoms with Gasteiger partial charge in [0.05, 0.1) is 11.1 Å². The molecule has 1 aromatic carbocycles. The molecule has 5 nitrogen and oxygen atoms in total. The molecule has 1 aliphatic carbocycles. The fraction of sp³-hybridized carbons (Fsp3) is 0.625. The van der Waals surface area contributed by atoms with Gasteiger partial charge in [0.2, 0.25) is 17.7 Å². The molecule has 2 heterocycles. The minimum atomic E-state index is -1.18. The lowest BCUT2D eigenvalue weighted by Crippen LogP contribution is -2.69. The highest BCUT2D eigenvalue weighted by Gasteiger charge is 2.76. The summed E-state index contributed by atoms with van der Waals surface area (Å²) in [5, 5.41) is 0. The Hall–Kier alpha value is -2.17. The molecule has 0 N–H and O–H groups in total. The van der Waals surface area contributed by atoms with Gasteiger partial charge in [0.15, 0.2) is 0 Å². The van der Waals surface area contributed by atoms with Crippen molar-refractivity contribution in [2.45, 2.75) is 72.3 Å². The highest BCUT2D eigenvalue weighted by molar-refractivity contribution is 6.27. The van der Waals surface area contributed by atoms with E-state index in [2.05, 4.69) is 6.92 Å². The zero-order valence-electron chi connectivity index (χ0n) is 18.0. The number of likely N-dealkylation sites (tertiary alicyclic amines) is 1. The summed E-state index contributed by atoms with van der Waals surface area (Å²) < 4.78 is 0. The van der Waals surface area contributed by atoms with Gasteiger partial charge in [-0.3, -0.25) is 14.4 Å². The molecule has 29 heavy (non-hydrogen) atoms. The number of amides is 3. The third-order valence-electron chi connectivity index (χ3n) is 8.43. The van der Waals surface area contributed by atoms with Crippen LogP contribution in [0, 0.1) is 16.2 Å². The van der Waals surface area contributed by atoms with E-state index in [0.717, 1.165) is 25.7 Å². The Labute approximate surface area is 173 Å². The van der Waals surface area contributed by atoms with Crippen LogP contribution in [0.4, 0.5) is 5.69 Å². The largest absolute Gasteiger partial charge is 0.339 e. The molecule has 3 fully saturated rings. The van der Waals surface area contributed by atoms with E-state index in [9.17, 15) is 14.4 Å². The second-order valence-corrected chi connectivity index (χ2v) is 9.70. The van der Waals surface area contributed by atoms with E-state index in [1.165, 1.54) is 4.90 Å². The molecule has 3 amide bonds. The van der Waals surface area contributed by atoms with Crippen molar-refractivity contribution in [3.05, 3.63) is 30.3 Å². The molecule has 0 unspecified atom stereocenters. The average molecular weight is 397 g/mol. The maximum Gasteiger partial charge on any atom is 0.250 e. The lowest BCUT2D eigenvalue weighted by atomic mass is 9.54. The zero-order chi connectivity index (χ0) is 21.0. The molecule has 0 aromatic heterocycles. The minimum Gasteiger partial charge on any atom is -0.339 e. The predicted molar refractivity (Wildman–Crippen MR) is 112 cm³/mol. The fourth-order valence-corrected chi connectivity index (χ4v) is 6.03. The van der Waals surface area contributed by atoms with Crippen LogP contribution >= 0.6 is 0 Å². The number of hydrogen-bond donors (Lipinski definition) is 0. The second-order valence-electron chi connectivity index (χ2n) is 9.70. The Balaban J connectivity index is 1.85. The van der Waals surface area contributed by atoms with Gasteiger partial charge in [-0.15, -0.1) is 0 Å². The molecule has 2 aliphatic heterocycles. The lowest BCUT2D eigenvalue weighted by Gasteiger charge is -2.54. The average Bonchev–Trinajstić information content (AvgIpc) is 2.89. The fourth-order valence-electron chi connectivity index (χ4n) is 6.03. The molecule has 2 saturated heterocycles. The monoisotopic (exact) mass is 396 g/mol. The van der Waals surface area contributed by atoms with E-state index in [1.807, 2.05) is 43.9 Å². The van der Waals surface area contributed by atoms with Gasteiger partial charge in [0.1, 0.15) is 5.41 Å². The van der Waals surface area contributed by atoms with Crippen LogP contribution in [0.25, 0.3) is 0 Å². The SMILES string of the molecule is CC[C@H]1CCCCN1C(=O)[C@@]12CC[C@@](C)(C(=O)N(c3ccccc3)C1=O)C2(C)C. The number of nitrogens with zero attached hydrogens (tertiary/aromatic N) is 2. The van der Waals surface area contributed by atoms with E-state index in [-0.39, 0.29) is 23.8 Å². The van der Waals surface area contributed by atoms with E-state index in [4.69, 9.17) is 0 Å². The molecule has 3 aliphatic rings. The molecule has 156 valence electrons. The van der Waals surface area contributed by atoms with Crippen LogP contribution in [0.3, 0.4) is 0 Å². The van der Waals surface area contributed by atoms with Gasteiger partial charge < -0.3 is 4.90 Å². The maximum absolute atomic E-state index is 14.1. The van der Waals surface area contributed by atoms with Crippen molar-refractivity contribution in [1.29, 1.82) is 0 Å². The highest BCUT2D eigenvalue weighted by atomic mass is 16.2. The van der Waals surface area contributed by atoms with Gasteiger partial charge in [0.25, 0.3) is 0 Å². The van der Waals surface area contributed by atoms with Crippen molar-refractivity contribution in [2.75, 3.05) is 11.4 Å². The van der Waals surface area contributed by atoms with Crippen LogP contribution in [-0.4, -0.2) is 35.2 Å². The van der Waals surface area contributed by atoms with Crippen molar-refractivity contribution in [3.8, 4) is 0 Å². The number of carbonyl (C=O) groups excluding carboxylic acids is 3. The predicted octanol–water partition coefficient (Wildman–Crippen LogP) is 4.16. The quantitative estimate of drug-likeness (QED) is 0.569. The van der Waals surface area contributed by atoms with Crippen LogP contribution in [0.5, 0.6) is 0 Å². The maximum atomic E-state index is 14.1. The van der Waals surface area contributed by atoms with Crippen LogP contribution in [0.15, 0.2) is 30.3 Å². The van der Waals surface area contributed by atoms with E-state index < -0.39 is 16.2 Å². The lowest BCUT2D eigenvalue weighted by molar-refractivity contribution is -0.169. The molecule has 1 saturated carbocycles. The molecular weight excluding hydrogens is 364 g/mol. The van der Waals surface area contributed by atoms with Crippen molar-refractivity contribution < 1.29 is 14.4 Å². The summed E-state index contributed by atoms with van der Waals surface area (Å²) in [5.41, 5.74) is -2.10. The van der Waals surface area contributed by atoms with E-state index in [1.54, 1.807) is 12.1 Å². The Morgan fingerprint density at radius 1 is 1.03 bits per heavy atom. The van der Waals surface area contributed by atoms with Crippen LogP contribution < -0.4 is 4.90 Å². The molecule has 4 rings (SSSR count). The second kappa shape index (κ2) is 6.68. The standard InChI is InChI=1S/C24H32N2O3/c1-5-17-11-9-10-16-25(17)20(28)24-15-14-23(4,22(24,2)3)19(27)26(21(24)29)18-12-7-6-8-13-18/h6-8,12-13,17H,5,9-11,14-16H2,1-4H3/t17-,23-,24-/m0/s1. The molecule has 1 aromatic rings. The Bertz CT molecular complexity index is 849. The van der Waals surface area contributed by atoms with Crippen molar-refractivity contribution in [1.82, 2.24) is 4.90 Å². The first-order chi connectivity index (χ1) is 13.7. The number of fused-ring (bicyclic) bond motifs is 2. The molecule has 0 radical (unpaired) electrons. The number of rotatable bonds is 3. The van der Waals surface area contributed by atoms with Crippen LogP contribution in [0.1, 0.15) is 66.2 Å². The first kappa shape index (κ1) is 20.1. The highest BCUT2D eigenvalue weighted by Crippen LogP contribution is 2.67. The first-order valence-corrected chi connectivity index (χ1v) is 11.0. The molecule has 2 bridgehead atoms. The number of imide groups is 1. The summed E-state index contributed by atoms with van der Waals surface area (Å²) in [6, 6.07) is 9.26. The summed E-state index contributed by atoms with van der Waals surface area (Å²) in [7, 11) is 0. The number of piperidine rings is 2. The van der Waals surface area contributed by atoms with Gasteiger partial charge in [0, 0.05) is 18.0 Å². The summed E-state index contributed by atoms with van der Waals surface area (Å²) in [4.78, 5) is 45.0. The van der Waals surface area contributed by atoms with Gasteiger partial charge in [-0.25, -0.2) is 4.90 Å². The summed E-state index contributed by atoms with van der Waals surface area (Å²) in [6.07, 6.45) is 4.99. The third-order valence-corrected chi connectivity index (χ3v) is 8.43. The summed E-state index contributed by atoms with van der Waals surface area (Å²) in [5.74, 6) is -0.569. The molecule has 0 spiro atoms.